The van der Waals surface area contributed by atoms with Crippen molar-refractivity contribution in [1.82, 2.24) is 9.13 Å². The summed E-state index contributed by atoms with van der Waals surface area (Å²) in [5.41, 5.74) is 10.9. The molecule has 7 aromatic carbocycles. The molecular weight excluding hydrogens is 585 g/mol. The maximum atomic E-state index is 10.4. The van der Waals surface area contributed by atoms with Crippen molar-refractivity contribution in [2.24, 2.45) is 0 Å². The summed E-state index contributed by atoms with van der Waals surface area (Å²) >= 11 is 0. The lowest BCUT2D eigenvalue weighted by molar-refractivity contribution is 1.17. The maximum absolute atomic E-state index is 10.4. The number of benzene rings is 7. The van der Waals surface area contributed by atoms with E-state index in [1.54, 1.807) is 12.1 Å². The molecule has 0 aliphatic rings. The normalized spacial score (nSPS) is 11.3. The van der Waals surface area contributed by atoms with E-state index in [-0.39, 0.29) is 0 Å². The highest BCUT2D eigenvalue weighted by Gasteiger charge is 2.22. The molecule has 0 fully saturated rings. The van der Waals surface area contributed by atoms with Crippen molar-refractivity contribution in [3.63, 3.8) is 0 Å². The van der Waals surface area contributed by atoms with E-state index < -0.39 is 0 Å². The summed E-state index contributed by atoms with van der Waals surface area (Å²) < 4.78 is 4.46. The zero-order chi connectivity index (χ0) is 32.2. The van der Waals surface area contributed by atoms with Crippen LogP contribution < -0.4 is 0 Å². The summed E-state index contributed by atoms with van der Waals surface area (Å²) in [6.45, 7) is 0. The van der Waals surface area contributed by atoms with Crippen LogP contribution in [0.3, 0.4) is 0 Å². The van der Waals surface area contributed by atoms with Gasteiger partial charge in [0, 0.05) is 32.8 Å². The van der Waals surface area contributed by atoms with Crippen molar-refractivity contribution in [3.05, 3.63) is 169 Å². The lowest BCUT2D eigenvalue weighted by Crippen LogP contribution is -2.03. The number of nitriles is 2. The van der Waals surface area contributed by atoms with Crippen LogP contribution in [-0.4, -0.2) is 9.13 Å². The van der Waals surface area contributed by atoms with Crippen molar-refractivity contribution in [2.45, 2.75) is 0 Å². The number of aromatic nitrogens is 2. The molecule has 48 heavy (non-hydrogen) atoms. The van der Waals surface area contributed by atoms with E-state index in [1.807, 2.05) is 36.4 Å². The standard InChI is InChI=1S/C44H26N4/c45-27-32-20-21-33(28-46)44(48-41-18-7-3-14-37(41)38-15-4-8-19-42(38)48)43(32)31-11-9-10-30(26-31)29-22-24-34(25-23-29)47-39-16-5-1-12-35(39)36-13-2-6-17-40(36)47/h1-26H. The minimum Gasteiger partial charge on any atom is -0.309 e. The summed E-state index contributed by atoms with van der Waals surface area (Å²) in [6, 6.07) is 58.8. The summed E-state index contributed by atoms with van der Waals surface area (Å²) in [6.07, 6.45) is 0. The molecule has 2 aromatic heterocycles. The molecule has 0 atom stereocenters. The molecule has 4 heteroatoms. The third kappa shape index (κ3) is 4.07. The molecule has 0 N–H and O–H groups in total. The van der Waals surface area contributed by atoms with Crippen LogP contribution in [0.5, 0.6) is 0 Å². The SMILES string of the molecule is N#Cc1ccc(C#N)c(-n2c3ccccc3c3ccccc32)c1-c1cccc(-c2ccc(-n3c4ccccc4c4ccccc43)cc2)c1. The van der Waals surface area contributed by atoms with Crippen LogP contribution in [0.1, 0.15) is 11.1 Å². The molecule has 2 heterocycles. The largest absolute Gasteiger partial charge is 0.309 e. The molecule has 4 nitrogen and oxygen atoms in total. The Morgan fingerprint density at radius 2 is 0.833 bits per heavy atom. The molecule has 0 bridgehead atoms. The Morgan fingerprint density at radius 3 is 1.35 bits per heavy atom. The molecule has 0 radical (unpaired) electrons. The third-order valence-electron chi connectivity index (χ3n) is 9.41. The fourth-order valence-corrected chi connectivity index (χ4v) is 7.32. The molecule has 0 unspecified atom stereocenters. The van der Waals surface area contributed by atoms with Crippen LogP contribution in [0.4, 0.5) is 0 Å². The van der Waals surface area contributed by atoms with Crippen LogP contribution >= 0.6 is 0 Å². The number of hydrogen-bond acceptors (Lipinski definition) is 2. The quantitative estimate of drug-likeness (QED) is 0.199. The molecule has 0 aliphatic heterocycles. The fourth-order valence-electron chi connectivity index (χ4n) is 7.32. The summed E-state index contributed by atoms with van der Waals surface area (Å²) in [5, 5.41) is 25.5. The van der Waals surface area contributed by atoms with E-state index in [9.17, 15) is 10.5 Å². The predicted molar refractivity (Wildman–Crippen MR) is 195 cm³/mol. The average molecular weight is 611 g/mol. The topological polar surface area (TPSA) is 57.4 Å². The van der Waals surface area contributed by atoms with Crippen LogP contribution in [0.25, 0.3) is 77.2 Å². The van der Waals surface area contributed by atoms with E-state index in [0.29, 0.717) is 16.8 Å². The Hall–Kier alpha value is -6.88. The van der Waals surface area contributed by atoms with Crippen molar-refractivity contribution in [2.75, 3.05) is 0 Å². The predicted octanol–water partition coefficient (Wildman–Crippen LogP) is 11.0. The van der Waals surface area contributed by atoms with E-state index in [2.05, 4.69) is 130 Å². The molecule has 222 valence electrons. The second kappa shape index (κ2) is 10.9. The molecule has 0 saturated heterocycles. The average Bonchev–Trinajstić information content (AvgIpc) is 3.67. The first kappa shape index (κ1) is 27.4. The van der Waals surface area contributed by atoms with Crippen LogP contribution in [0, 0.1) is 22.7 Å². The van der Waals surface area contributed by atoms with Gasteiger partial charge in [-0.05, 0) is 71.3 Å². The van der Waals surface area contributed by atoms with Crippen LogP contribution in [0.15, 0.2) is 158 Å². The van der Waals surface area contributed by atoms with Gasteiger partial charge in [0.1, 0.15) is 6.07 Å². The zero-order valence-corrected chi connectivity index (χ0v) is 25.8. The Bertz CT molecular complexity index is 2690. The second-order valence-corrected chi connectivity index (χ2v) is 12.0. The molecule has 9 aromatic rings. The summed E-state index contributed by atoms with van der Waals surface area (Å²) in [7, 11) is 0. The monoisotopic (exact) mass is 610 g/mol. The van der Waals surface area contributed by atoms with Gasteiger partial charge in [0.05, 0.1) is 45.0 Å². The van der Waals surface area contributed by atoms with E-state index in [1.165, 1.54) is 21.8 Å². The first-order chi connectivity index (χ1) is 23.7. The van der Waals surface area contributed by atoms with Crippen molar-refractivity contribution >= 4 is 43.6 Å². The molecule has 0 spiro atoms. The highest BCUT2D eigenvalue weighted by molar-refractivity contribution is 6.11. The molecule has 9 rings (SSSR count). The molecule has 0 saturated carbocycles. The smallest absolute Gasteiger partial charge is 0.101 e. The fraction of sp³-hybridized carbons (Fsp3) is 0. The van der Waals surface area contributed by atoms with E-state index in [0.717, 1.165) is 49.7 Å². The van der Waals surface area contributed by atoms with Gasteiger partial charge in [-0.25, -0.2) is 0 Å². The van der Waals surface area contributed by atoms with Crippen molar-refractivity contribution in [1.29, 1.82) is 10.5 Å². The van der Waals surface area contributed by atoms with Gasteiger partial charge < -0.3 is 9.13 Å². The maximum Gasteiger partial charge on any atom is 0.101 e. The van der Waals surface area contributed by atoms with Gasteiger partial charge in [0.2, 0.25) is 0 Å². The highest BCUT2D eigenvalue weighted by atomic mass is 15.0. The van der Waals surface area contributed by atoms with Crippen LogP contribution in [-0.2, 0) is 0 Å². The Labute approximate surface area is 277 Å². The Kier molecular flexibility index (Phi) is 6.22. The Morgan fingerprint density at radius 1 is 0.375 bits per heavy atom. The van der Waals surface area contributed by atoms with Crippen LogP contribution in [0.2, 0.25) is 0 Å². The van der Waals surface area contributed by atoms with Gasteiger partial charge in [0.25, 0.3) is 0 Å². The number of para-hydroxylation sites is 4. The van der Waals surface area contributed by atoms with Gasteiger partial charge in [-0.15, -0.1) is 0 Å². The van der Waals surface area contributed by atoms with Gasteiger partial charge in [-0.2, -0.15) is 10.5 Å². The third-order valence-corrected chi connectivity index (χ3v) is 9.41. The first-order valence-electron chi connectivity index (χ1n) is 15.9. The Balaban J connectivity index is 1.22. The number of rotatable bonds is 4. The molecule has 0 amide bonds. The number of hydrogen-bond donors (Lipinski definition) is 0. The number of fused-ring (bicyclic) bond motifs is 6. The van der Waals surface area contributed by atoms with Gasteiger partial charge >= 0.3 is 0 Å². The lowest BCUT2D eigenvalue weighted by atomic mass is 9.92. The van der Waals surface area contributed by atoms with Crippen molar-refractivity contribution in [3.8, 4) is 45.8 Å². The van der Waals surface area contributed by atoms with E-state index in [4.69, 9.17) is 0 Å². The van der Waals surface area contributed by atoms with Crippen molar-refractivity contribution < 1.29 is 0 Å². The zero-order valence-electron chi connectivity index (χ0n) is 25.8. The minimum atomic E-state index is 0.511. The first-order valence-corrected chi connectivity index (χ1v) is 15.9. The number of nitrogens with zero attached hydrogens (tertiary/aromatic N) is 4. The minimum absolute atomic E-state index is 0.511. The van der Waals surface area contributed by atoms with Gasteiger partial charge in [-0.1, -0.05) is 103 Å². The summed E-state index contributed by atoms with van der Waals surface area (Å²) in [4.78, 5) is 0. The van der Waals surface area contributed by atoms with Gasteiger partial charge in [-0.3, -0.25) is 0 Å². The molecule has 0 aliphatic carbocycles. The second-order valence-electron chi connectivity index (χ2n) is 12.0. The van der Waals surface area contributed by atoms with E-state index >= 15 is 0 Å². The van der Waals surface area contributed by atoms with Gasteiger partial charge in [0.15, 0.2) is 0 Å². The summed E-state index contributed by atoms with van der Waals surface area (Å²) in [5.74, 6) is 0. The highest BCUT2D eigenvalue weighted by Crippen LogP contribution is 2.40. The molecular formula is C44H26N4. The lowest BCUT2D eigenvalue weighted by Gasteiger charge is -2.18.